The second-order valence-electron chi connectivity index (χ2n) is 4.65. The maximum atomic E-state index is 12.9. The highest BCUT2D eigenvalue weighted by molar-refractivity contribution is 5.34. The highest BCUT2D eigenvalue weighted by Crippen LogP contribution is 2.33. The summed E-state index contributed by atoms with van der Waals surface area (Å²) in [4.78, 5) is 0. The van der Waals surface area contributed by atoms with E-state index in [1.54, 1.807) is 12.1 Å². The molecule has 0 heterocycles. The zero-order valence-corrected chi connectivity index (χ0v) is 11.1. The maximum absolute atomic E-state index is 12.9. The first-order valence-corrected chi connectivity index (χ1v) is 6.68. The fourth-order valence-corrected chi connectivity index (χ4v) is 2.09. The van der Waals surface area contributed by atoms with Gasteiger partial charge in [-0.3, -0.25) is 0 Å². The number of unbranched alkanes of at least 4 members (excludes halogenated alkanes) is 3. The first kappa shape index (κ1) is 15.1. The zero-order chi connectivity index (χ0) is 13.6. The number of hydrogen-bond donors (Lipinski definition) is 0. The molecule has 0 aliphatic heterocycles. The smallest absolute Gasteiger partial charge is 0.166 e. The second-order valence-corrected chi connectivity index (χ2v) is 4.65. The molecule has 0 aromatic heterocycles. The van der Waals surface area contributed by atoms with Crippen LogP contribution in [0, 0.1) is 0 Å². The van der Waals surface area contributed by atoms with Crippen LogP contribution >= 0.6 is 0 Å². The molecule has 0 nitrogen and oxygen atoms in total. The van der Waals surface area contributed by atoms with E-state index in [0.717, 1.165) is 37.7 Å². The van der Waals surface area contributed by atoms with Crippen LogP contribution < -0.4 is 0 Å². The molecule has 0 radical (unpaired) electrons. The van der Waals surface area contributed by atoms with Crippen molar-refractivity contribution in [2.24, 2.45) is 0 Å². The molecule has 0 fully saturated rings. The third-order valence-electron chi connectivity index (χ3n) is 3.18. The standard InChI is InChI=1S/C15H21F3/c1-3-5-6-7-8-13-11-12(4-2)9-10-14(13)15(16,17)18/h9-11H,3-8H2,1-2H3. The molecule has 0 amide bonds. The molecule has 102 valence electrons. The van der Waals surface area contributed by atoms with Gasteiger partial charge in [0.05, 0.1) is 5.56 Å². The predicted octanol–water partition coefficient (Wildman–Crippen LogP) is 5.39. The minimum Gasteiger partial charge on any atom is -0.166 e. The average molecular weight is 258 g/mol. The summed E-state index contributed by atoms with van der Waals surface area (Å²) in [6, 6.07) is 4.53. The molecule has 18 heavy (non-hydrogen) atoms. The lowest BCUT2D eigenvalue weighted by Gasteiger charge is -2.14. The van der Waals surface area contributed by atoms with Crippen molar-refractivity contribution in [3.63, 3.8) is 0 Å². The van der Waals surface area contributed by atoms with E-state index < -0.39 is 11.7 Å². The molecule has 0 aliphatic rings. The number of alkyl halides is 3. The average Bonchev–Trinajstić information content (AvgIpc) is 2.33. The molecule has 0 bridgehead atoms. The van der Waals surface area contributed by atoms with Gasteiger partial charge in [-0.1, -0.05) is 45.2 Å². The summed E-state index contributed by atoms with van der Waals surface area (Å²) in [6.07, 6.45) is 1.11. The van der Waals surface area contributed by atoms with Crippen LogP contribution in [-0.2, 0) is 19.0 Å². The van der Waals surface area contributed by atoms with E-state index in [1.165, 1.54) is 6.07 Å². The molecule has 0 atom stereocenters. The molecule has 1 aromatic rings. The molecule has 0 N–H and O–H groups in total. The number of hydrogen-bond acceptors (Lipinski definition) is 0. The van der Waals surface area contributed by atoms with Crippen molar-refractivity contribution in [3.05, 3.63) is 34.9 Å². The first-order chi connectivity index (χ1) is 8.49. The van der Waals surface area contributed by atoms with E-state index in [1.807, 2.05) is 6.92 Å². The van der Waals surface area contributed by atoms with Crippen molar-refractivity contribution in [3.8, 4) is 0 Å². The molecule has 0 unspecified atom stereocenters. The molecular formula is C15H21F3. The van der Waals surface area contributed by atoms with E-state index >= 15 is 0 Å². The van der Waals surface area contributed by atoms with Gasteiger partial charge in [0.1, 0.15) is 0 Å². The van der Waals surface area contributed by atoms with Gasteiger partial charge < -0.3 is 0 Å². The van der Waals surface area contributed by atoms with Crippen LogP contribution in [0.3, 0.4) is 0 Å². The monoisotopic (exact) mass is 258 g/mol. The lowest BCUT2D eigenvalue weighted by molar-refractivity contribution is -0.138. The summed E-state index contributed by atoms with van der Waals surface area (Å²) in [6.45, 7) is 4.06. The molecule has 1 rings (SSSR count). The Morgan fingerprint density at radius 1 is 1.00 bits per heavy atom. The summed E-state index contributed by atoms with van der Waals surface area (Å²) >= 11 is 0. The van der Waals surface area contributed by atoms with Crippen molar-refractivity contribution in [1.82, 2.24) is 0 Å². The van der Waals surface area contributed by atoms with Crippen LogP contribution in [-0.4, -0.2) is 0 Å². The van der Waals surface area contributed by atoms with Gasteiger partial charge in [-0.25, -0.2) is 0 Å². The molecule has 0 saturated heterocycles. The summed E-state index contributed by atoms with van der Waals surface area (Å²) in [5.74, 6) is 0. The fraction of sp³-hybridized carbons (Fsp3) is 0.600. The minimum atomic E-state index is -4.23. The van der Waals surface area contributed by atoms with Crippen molar-refractivity contribution >= 4 is 0 Å². The van der Waals surface area contributed by atoms with Gasteiger partial charge in [-0.05, 0) is 36.5 Å². The van der Waals surface area contributed by atoms with Crippen molar-refractivity contribution in [2.45, 2.75) is 58.5 Å². The Labute approximate surface area is 107 Å². The van der Waals surface area contributed by atoms with Gasteiger partial charge in [0.2, 0.25) is 0 Å². The van der Waals surface area contributed by atoms with Gasteiger partial charge in [-0.15, -0.1) is 0 Å². The summed E-state index contributed by atoms with van der Waals surface area (Å²) in [7, 11) is 0. The molecule has 1 aromatic carbocycles. The van der Waals surface area contributed by atoms with E-state index in [-0.39, 0.29) is 0 Å². The quantitative estimate of drug-likeness (QED) is 0.600. The Balaban J connectivity index is 2.83. The zero-order valence-electron chi connectivity index (χ0n) is 11.1. The van der Waals surface area contributed by atoms with E-state index in [2.05, 4.69) is 6.92 Å². The SMILES string of the molecule is CCCCCCc1cc(CC)ccc1C(F)(F)F. The maximum Gasteiger partial charge on any atom is 0.416 e. The molecule has 0 saturated carbocycles. The molecule has 3 heteroatoms. The van der Waals surface area contributed by atoms with Gasteiger partial charge in [0.25, 0.3) is 0 Å². The lowest BCUT2D eigenvalue weighted by Crippen LogP contribution is -2.09. The van der Waals surface area contributed by atoms with Crippen molar-refractivity contribution in [1.29, 1.82) is 0 Å². The Morgan fingerprint density at radius 2 is 1.72 bits per heavy atom. The van der Waals surface area contributed by atoms with Crippen LogP contribution in [0.25, 0.3) is 0 Å². The Hall–Kier alpha value is -0.990. The van der Waals surface area contributed by atoms with Crippen molar-refractivity contribution < 1.29 is 13.2 Å². The third-order valence-corrected chi connectivity index (χ3v) is 3.18. The lowest BCUT2D eigenvalue weighted by atomic mass is 9.97. The number of benzene rings is 1. The summed E-state index contributed by atoms with van der Waals surface area (Å²) in [5, 5.41) is 0. The van der Waals surface area contributed by atoms with Crippen LogP contribution in [0.5, 0.6) is 0 Å². The van der Waals surface area contributed by atoms with Crippen LogP contribution in [0.1, 0.15) is 56.2 Å². The van der Waals surface area contributed by atoms with Crippen molar-refractivity contribution in [2.75, 3.05) is 0 Å². The third kappa shape index (κ3) is 4.35. The number of rotatable bonds is 6. The van der Waals surface area contributed by atoms with E-state index in [0.29, 0.717) is 12.0 Å². The predicted molar refractivity (Wildman–Crippen MR) is 68.7 cm³/mol. The van der Waals surface area contributed by atoms with Crippen LogP contribution in [0.4, 0.5) is 13.2 Å². The Morgan fingerprint density at radius 3 is 2.28 bits per heavy atom. The van der Waals surface area contributed by atoms with E-state index in [9.17, 15) is 13.2 Å². The first-order valence-electron chi connectivity index (χ1n) is 6.68. The van der Waals surface area contributed by atoms with Crippen LogP contribution in [0.2, 0.25) is 0 Å². The topological polar surface area (TPSA) is 0 Å². The van der Waals surface area contributed by atoms with Gasteiger partial charge in [0, 0.05) is 0 Å². The fourth-order valence-electron chi connectivity index (χ4n) is 2.09. The van der Waals surface area contributed by atoms with Crippen LogP contribution in [0.15, 0.2) is 18.2 Å². The number of aryl methyl sites for hydroxylation is 2. The van der Waals surface area contributed by atoms with Gasteiger partial charge in [0.15, 0.2) is 0 Å². The number of halogens is 3. The Bertz CT molecular complexity index is 366. The molecular weight excluding hydrogens is 237 g/mol. The largest absolute Gasteiger partial charge is 0.416 e. The van der Waals surface area contributed by atoms with Gasteiger partial charge in [-0.2, -0.15) is 13.2 Å². The molecule has 0 spiro atoms. The van der Waals surface area contributed by atoms with E-state index in [4.69, 9.17) is 0 Å². The molecule has 0 aliphatic carbocycles. The Kier molecular flexibility index (Phi) is 5.70. The summed E-state index contributed by atoms with van der Waals surface area (Å²) < 4.78 is 38.6. The highest BCUT2D eigenvalue weighted by atomic mass is 19.4. The second kappa shape index (κ2) is 6.81. The minimum absolute atomic E-state index is 0.456. The normalized spacial score (nSPS) is 11.8. The van der Waals surface area contributed by atoms with Gasteiger partial charge >= 0.3 is 6.18 Å². The summed E-state index contributed by atoms with van der Waals surface area (Å²) in [5.41, 5.74) is 0.975. The highest BCUT2D eigenvalue weighted by Gasteiger charge is 2.32.